The number of nitrogens with zero attached hydrogens (tertiary/aromatic N) is 3. The number of nitrogens with one attached hydrogen (secondary N) is 2. The first-order valence-electron chi connectivity index (χ1n) is 10.8. The van der Waals surface area contributed by atoms with Crippen LogP contribution >= 0.6 is 0 Å². The summed E-state index contributed by atoms with van der Waals surface area (Å²) in [5.41, 5.74) is 2.72. The molecule has 156 valence electrons. The van der Waals surface area contributed by atoms with Crippen LogP contribution in [0.2, 0.25) is 0 Å². The zero-order valence-electron chi connectivity index (χ0n) is 17.6. The van der Waals surface area contributed by atoms with Crippen molar-refractivity contribution >= 4 is 5.96 Å². The molecule has 0 saturated carbocycles. The predicted octanol–water partition coefficient (Wildman–Crippen LogP) is 1.92. The quantitative estimate of drug-likeness (QED) is 0.553. The summed E-state index contributed by atoms with van der Waals surface area (Å²) in [6, 6.07) is 8.70. The molecule has 2 heterocycles. The molecule has 2 aliphatic heterocycles. The fraction of sp³-hybridized carbons (Fsp3) is 0.682. The normalized spacial score (nSPS) is 22.2. The first kappa shape index (κ1) is 21.1. The van der Waals surface area contributed by atoms with Gasteiger partial charge in [0, 0.05) is 52.9 Å². The molecule has 1 aromatic carbocycles. The first-order valence-corrected chi connectivity index (χ1v) is 10.8. The van der Waals surface area contributed by atoms with E-state index in [9.17, 15) is 0 Å². The van der Waals surface area contributed by atoms with Gasteiger partial charge in [-0.25, -0.2) is 0 Å². The number of likely N-dealkylation sites (tertiary alicyclic amines) is 1. The van der Waals surface area contributed by atoms with Crippen LogP contribution < -0.4 is 10.6 Å². The lowest BCUT2D eigenvalue weighted by Gasteiger charge is -2.30. The third kappa shape index (κ3) is 6.76. The van der Waals surface area contributed by atoms with Gasteiger partial charge in [-0.15, -0.1) is 0 Å². The monoisotopic (exact) mass is 387 g/mol. The highest BCUT2D eigenvalue weighted by Gasteiger charge is 2.16. The van der Waals surface area contributed by atoms with Gasteiger partial charge >= 0.3 is 0 Å². The molecule has 2 aliphatic rings. The van der Waals surface area contributed by atoms with Crippen molar-refractivity contribution in [2.24, 2.45) is 10.9 Å². The van der Waals surface area contributed by atoms with E-state index in [2.05, 4.69) is 56.6 Å². The van der Waals surface area contributed by atoms with Gasteiger partial charge in [0.25, 0.3) is 0 Å². The van der Waals surface area contributed by atoms with E-state index in [1.54, 1.807) is 0 Å². The molecule has 6 heteroatoms. The molecule has 6 nitrogen and oxygen atoms in total. The van der Waals surface area contributed by atoms with E-state index in [1.165, 1.54) is 37.1 Å². The van der Waals surface area contributed by atoms with Gasteiger partial charge in [-0.1, -0.05) is 31.2 Å². The minimum absolute atomic E-state index is 0.793. The van der Waals surface area contributed by atoms with Gasteiger partial charge in [0.15, 0.2) is 5.96 Å². The van der Waals surface area contributed by atoms with Crippen molar-refractivity contribution < 1.29 is 4.74 Å². The Morgan fingerprint density at radius 1 is 1.11 bits per heavy atom. The maximum atomic E-state index is 5.47. The Kier molecular flexibility index (Phi) is 8.58. The smallest absolute Gasteiger partial charge is 0.191 e. The van der Waals surface area contributed by atoms with Gasteiger partial charge < -0.3 is 20.3 Å². The largest absolute Gasteiger partial charge is 0.379 e. The Morgan fingerprint density at radius 2 is 1.89 bits per heavy atom. The summed E-state index contributed by atoms with van der Waals surface area (Å²) >= 11 is 0. The molecule has 2 saturated heterocycles. The summed E-state index contributed by atoms with van der Waals surface area (Å²) in [7, 11) is 1.85. The number of benzene rings is 1. The Balaban J connectivity index is 1.44. The summed E-state index contributed by atoms with van der Waals surface area (Å²) in [5.74, 6) is 1.71. The highest BCUT2D eigenvalue weighted by molar-refractivity contribution is 5.79. The van der Waals surface area contributed by atoms with Gasteiger partial charge in [-0.3, -0.25) is 9.89 Å². The third-order valence-corrected chi connectivity index (χ3v) is 5.75. The molecule has 28 heavy (non-hydrogen) atoms. The van der Waals surface area contributed by atoms with Crippen molar-refractivity contribution in [1.29, 1.82) is 0 Å². The zero-order valence-corrected chi connectivity index (χ0v) is 17.6. The highest BCUT2D eigenvalue weighted by Crippen LogP contribution is 2.15. The number of aliphatic imine (C=N–C) groups is 1. The van der Waals surface area contributed by atoms with Crippen LogP contribution in [0.15, 0.2) is 29.3 Å². The summed E-state index contributed by atoms with van der Waals surface area (Å²) < 4.78 is 5.47. The molecule has 0 amide bonds. The molecule has 0 bridgehead atoms. The number of morpholine rings is 1. The van der Waals surface area contributed by atoms with Gasteiger partial charge in [0.2, 0.25) is 0 Å². The topological polar surface area (TPSA) is 52.1 Å². The van der Waals surface area contributed by atoms with E-state index in [1.807, 2.05) is 7.05 Å². The lowest BCUT2D eigenvalue weighted by atomic mass is 10.0. The Morgan fingerprint density at radius 3 is 2.64 bits per heavy atom. The van der Waals surface area contributed by atoms with Crippen LogP contribution in [0.3, 0.4) is 0 Å². The number of hydrogen-bond donors (Lipinski definition) is 2. The van der Waals surface area contributed by atoms with Gasteiger partial charge in [-0.05, 0) is 36.4 Å². The fourth-order valence-corrected chi connectivity index (χ4v) is 4.11. The van der Waals surface area contributed by atoms with Crippen LogP contribution in [0.5, 0.6) is 0 Å². The van der Waals surface area contributed by atoms with E-state index in [0.717, 1.165) is 64.4 Å². The second-order valence-corrected chi connectivity index (χ2v) is 8.06. The average Bonchev–Trinajstić information content (AvgIpc) is 2.72. The van der Waals surface area contributed by atoms with Crippen LogP contribution in [-0.4, -0.2) is 75.3 Å². The number of piperidine rings is 1. The van der Waals surface area contributed by atoms with Crippen LogP contribution in [0.25, 0.3) is 0 Å². The number of ether oxygens (including phenoxy) is 1. The predicted molar refractivity (Wildman–Crippen MR) is 116 cm³/mol. The lowest BCUT2D eigenvalue weighted by Crippen LogP contribution is -2.43. The molecule has 0 radical (unpaired) electrons. The second kappa shape index (κ2) is 11.4. The van der Waals surface area contributed by atoms with E-state index < -0.39 is 0 Å². The molecule has 3 rings (SSSR count). The van der Waals surface area contributed by atoms with Crippen LogP contribution in [0.4, 0.5) is 0 Å². The summed E-state index contributed by atoms with van der Waals surface area (Å²) in [5, 5.41) is 6.96. The molecular weight excluding hydrogens is 350 g/mol. The van der Waals surface area contributed by atoms with Crippen LogP contribution in [0, 0.1) is 5.92 Å². The Labute approximate surface area is 170 Å². The minimum atomic E-state index is 0.793. The molecule has 1 atom stereocenters. The van der Waals surface area contributed by atoms with E-state index in [0.29, 0.717) is 0 Å². The van der Waals surface area contributed by atoms with Crippen molar-refractivity contribution in [2.75, 3.05) is 59.5 Å². The molecule has 2 fully saturated rings. The maximum Gasteiger partial charge on any atom is 0.191 e. The maximum absolute atomic E-state index is 5.47. The molecule has 0 aromatic heterocycles. The van der Waals surface area contributed by atoms with Crippen LogP contribution in [0.1, 0.15) is 30.9 Å². The summed E-state index contributed by atoms with van der Waals surface area (Å²) in [6.45, 7) is 12.3. The Hall–Kier alpha value is -1.63. The number of rotatable bonds is 7. The van der Waals surface area contributed by atoms with Crippen molar-refractivity contribution in [3.05, 3.63) is 35.4 Å². The molecule has 0 aliphatic carbocycles. The van der Waals surface area contributed by atoms with Gasteiger partial charge in [-0.2, -0.15) is 0 Å². The SMILES string of the molecule is CN=C(NCCN1CCCC(C)C1)NCc1ccccc1CN1CCOCC1. The lowest BCUT2D eigenvalue weighted by molar-refractivity contribution is 0.0341. The van der Waals surface area contributed by atoms with Gasteiger partial charge in [0.1, 0.15) is 0 Å². The second-order valence-electron chi connectivity index (χ2n) is 8.06. The van der Waals surface area contributed by atoms with E-state index in [4.69, 9.17) is 4.74 Å². The average molecular weight is 388 g/mol. The molecular formula is C22H37N5O. The summed E-state index contributed by atoms with van der Waals surface area (Å²) in [4.78, 5) is 9.42. The van der Waals surface area contributed by atoms with E-state index >= 15 is 0 Å². The number of guanidine groups is 1. The molecule has 1 unspecified atom stereocenters. The Bertz CT molecular complexity index is 615. The highest BCUT2D eigenvalue weighted by atomic mass is 16.5. The van der Waals surface area contributed by atoms with E-state index in [-0.39, 0.29) is 0 Å². The van der Waals surface area contributed by atoms with Crippen molar-refractivity contribution in [1.82, 2.24) is 20.4 Å². The molecule has 1 aromatic rings. The first-order chi connectivity index (χ1) is 13.7. The van der Waals surface area contributed by atoms with Crippen molar-refractivity contribution in [2.45, 2.75) is 32.9 Å². The standard InChI is InChI=1S/C22H37N5O/c1-19-6-5-10-26(17-19)11-9-24-22(23-2)25-16-20-7-3-4-8-21(20)18-27-12-14-28-15-13-27/h3-4,7-8,19H,5-6,9-18H2,1-2H3,(H2,23,24,25). The summed E-state index contributed by atoms with van der Waals surface area (Å²) in [6.07, 6.45) is 2.70. The molecule has 0 spiro atoms. The van der Waals surface area contributed by atoms with Gasteiger partial charge in [0.05, 0.1) is 13.2 Å². The fourth-order valence-electron chi connectivity index (χ4n) is 4.11. The van der Waals surface area contributed by atoms with Crippen molar-refractivity contribution in [3.63, 3.8) is 0 Å². The minimum Gasteiger partial charge on any atom is -0.379 e. The number of hydrogen-bond acceptors (Lipinski definition) is 4. The zero-order chi connectivity index (χ0) is 19.6. The third-order valence-electron chi connectivity index (χ3n) is 5.75. The van der Waals surface area contributed by atoms with Crippen molar-refractivity contribution in [3.8, 4) is 0 Å². The molecule has 2 N–H and O–H groups in total. The van der Waals surface area contributed by atoms with Crippen LogP contribution in [-0.2, 0) is 17.8 Å².